The molecule has 1 saturated heterocycles. The third-order valence-corrected chi connectivity index (χ3v) is 5.76. The molecule has 0 spiro atoms. The summed E-state index contributed by atoms with van der Waals surface area (Å²) in [5, 5.41) is 13.0. The molecule has 2 amide bonds. The lowest BCUT2D eigenvalue weighted by atomic mass is 10.2. The second-order valence-electron chi connectivity index (χ2n) is 5.35. The van der Waals surface area contributed by atoms with E-state index in [1.165, 1.54) is 13.1 Å². The molecule has 0 aromatic heterocycles. The maximum Gasteiger partial charge on any atom is 0.313 e. The molecule has 2 rings (SSSR count). The van der Waals surface area contributed by atoms with Gasteiger partial charge in [0.2, 0.25) is 0 Å². The maximum absolute atomic E-state index is 12.1. The molecular weight excluding hydrogens is 362 g/mol. The zero-order chi connectivity index (χ0) is 18.1. The number of likely N-dealkylation sites (N-methyl/N-ethyl adjacent to an activating group) is 1. The van der Waals surface area contributed by atoms with E-state index in [-0.39, 0.29) is 34.3 Å². The van der Waals surface area contributed by atoms with Crippen molar-refractivity contribution >= 4 is 44.6 Å². The van der Waals surface area contributed by atoms with Gasteiger partial charge in [0, 0.05) is 25.2 Å². The number of anilines is 1. The number of carbonyl (C=O) groups is 2. The molecule has 0 aliphatic carbocycles. The Labute approximate surface area is 142 Å². The number of hydrogen-bond donors (Lipinski definition) is 1. The lowest BCUT2D eigenvalue weighted by Gasteiger charge is -2.22. The molecule has 1 unspecified atom stereocenters. The molecule has 1 heterocycles. The molecule has 1 aromatic carbocycles. The van der Waals surface area contributed by atoms with Gasteiger partial charge in [-0.2, -0.15) is 0 Å². The number of nitrogens with one attached hydrogen (secondary N) is 1. The monoisotopic (exact) mass is 375 g/mol. The Morgan fingerprint density at radius 3 is 2.62 bits per heavy atom. The van der Waals surface area contributed by atoms with Crippen LogP contribution in [0.5, 0.6) is 0 Å². The van der Waals surface area contributed by atoms with Gasteiger partial charge in [0.15, 0.2) is 9.84 Å². The van der Waals surface area contributed by atoms with Crippen LogP contribution < -0.4 is 5.32 Å². The molecule has 1 N–H and O–H groups in total. The second kappa shape index (κ2) is 6.73. The van der Waals surface area contributed by atoms with E-state index in [1.807, 2.05) is 0 Å². The number of rotatable bonds is 3. The van der Waals surface area contributed by atoms with Crippen LogP contribution in [-0.4, -0.2) is 54.7 Å². The molecule has 1 aliphatic rings. The molecule has 1 fully saturated rings. The van der Waals surface area contributed by atoms with Gasteiger partial charge >= 0.3 is 11.8 Å². The van der Waals surface area contributed by atoms with E-state index in [0.717, 1.165) is 17.0 Å². The Morgan fingerprint density at radius 1 is 1.42 bits per heavy atom. The molecule has 0 radical (unpaired) electrons. The number of nitro groups is 1. The van der Waals surface area contributed by atoms with Crippen LogP contribution in [0.2, 0.25) is 5.02 Å². The van der Waals surface area contributed by atoms with E-state index < -0.39 is 32.6 Å². The van der Waals surface area contributed by atoms with Crippen LogP contribution in [0.4, 0.5) is 11.4 Å². The van der Waals surface area contributed by atoms with Gasteiger partial charge in [-0.25, -0.2) is 8.42 Å². The summed E-state index contributed by atoms with van der Waals surface area (Å²) >= 11 is 5.85. The van der Waals surface area contributed by atoms with Crippen molar-refractivity contribution in [3.8, 4) is 0 Å². The average molecular weight is 376 g/mol. The second-order valence-corrected chi connectivity index (χ2v) is 7.98. The van der Waals surface area contributed by atoms with E-state index in [1.54, 1.807) is 0 Å². The highest BCUT2D eigenvalue weighted by Crippen LogP contribution is 2.27. The Hall–Kier alpha value is -2.20. The number of benzene rings is 1. The standard InChI is InChI=1S/C13H14ClN3O6S/c1-16(9-4-5-24(22,23)7-9)13(19)12(18)15-11-6-8(17(20)21)2-3-10(11)14/h2-3,6,9H,4-5,7H2,1H3,(H,15,18). The number of amides is 2. The fourth-order valence-corrected chi connectivity index (χ4v) is 4.24. The number of nitro benzene ring substituents is 1. The van der Waals surface area contributed by atoms with Gasteiger partial charge in [-0.05, 0) is 12.5 Å². The van der Waals surface area contributed by atoms with Crippen molar-refractivity contribution in [2.45, 2.75) is 12.5 Å². The summed E-state index contributed by atoms with van der Waals surface area (Å²) in [6.07, 6.45) is 0.259. The number of halogens is 1. The predicted molar refractivity (Wildman–Crippen MR) is 86.6 cm³/mol. The zero-order valence-corrected chi connectivity index (χ0v) is 14.1. The van der Waals surface area contributed by atoms with Crippen LogP contribution in [0, 0.1) is 10.1 Å². The first-order valence-corrected chi connectivity index (χ1v) is 9.03. The summed E-state index contributed by atoms with van der Waals surface area (Å²) in [5.74, 6) is -2.22. The van der Waals surface area contributed by atoms with Gasteiger partial charge in [0.1, 0.15) is 0 Å². The zero-order valence-electron chi connectivity index (χ0n) is 12.6. The molecule has 0 bridgehead atoms. The van der Waals surface area contributed by atoms with Crippen molar-refractivity contribution < 1.29 is 22.9 Å². The summed E-state index contributed by atoms with van der Waals surface area (Å²) in [6.45, 7) is 0. The lowest BCUT2D eigenvalue weighted by molar-refractivity contribution is -0.384. The smallest absolute Gasteiger partial charge is 0.313 e. The summed E-state index contributed by atoms with van der Waals surface area (Å²) in [4.78, 5) is 35.3. The van der Waals surface area contributed by atoms with Crippen LogP contribution in [0.3, 0.4) is 0 Å². The van der Waals surface area contributed by atoms with Gasteiger partial charge in [0.25, 0.3) is 5.69 Å². The van der Waals surface area contributed by atoms with Gasteiger partial charge in [-0.3, -0.25) is 19.7 Å². The molecule has 1 atom stereocenters. The molecule has 130 valence electrons. The van der Waals surface area contributed by atoms with Gasteiger partial charge in [-0.15, -0.1) is 0 Å². The van der Waals surface area contributed by atoms with Crippen molar-refractivity contribution in [3.63, 3.8) is 0 Å². The Balaban J connectivity index is 2.11. The van der Waals surface area contributed by atoms with Crippen LogP contribution in [0.15, 0.2) is 18.2 Å². The number of sulfone groups is 1. The lowest BCUT2D eigenvalue weighted by Crippen LogP contribution is -2.43. The predicted octanol–water partition coefficient (Wildman–Crippen LogP) is 0.832. The van der Waals surface area contributed by atoms with E-state index in [0.29, 0.717) is 0 Å². The van der Waals surface area contributed by atoms with E-state index in [9.17, 15) is 28.1 Å². The molecule has 11 heteroatoms. The Morgan fingerprint density at radius 2 is 2.08 bits per heavy atom. The molecule has 9 nitrogen and oxygen atoms in total. The van der Waals surface area contributed by atoms with Crippen molar-refractivity contribution in [2.24, 2.45) is 0 Å². The van der Waals surface area contributed by atoms with Crippen molar-refractivity contribution in [1.29, 1.82) is 0 Å². The van der Waals surface area contributed by atoms with E-state index in [4.69, 9.17) is 11.6 Å². The number of nitrogens with zero attached hydrogens (tertiary/aromatic N) is 2. The molecule has 1 aliphatic heterocycles. The average Bonchev–Trinajstić information content (AvgIpc) is 2.87. The minimum absolute atomic E-state index is 0.0341. The van der Waals surface area contributed by atoms with Gasteiger partial charge < -0.3 is 10.2 Å². The largest absolute Gasteiger partial charge is 0.333 e. The fraction of sp³-hybridized carbons (Fsp3) is 0.385. The number of non-ortho nitro benzene ring substituents is 1. The highest BCUT2D eigenvalue weighted by atomic mass is 35.5. The van der Waals surface area contributed by atoms with Crippen LogP contribution >= 0.6 is 11.6 Å². The van der Waals surface area contributed by atoms with Gasteiger partial charge in [-0.1, -0.05) is 11.6 Å². The molecule has 0 saturated carbocycles. The number of carbonyl (C=O) groups excluding carboxylic acids is 2. The molecule has 24 heavy (non-hydrogen) atoms. The van der Waals surface area contributed by atoms with Crippen molar-refractivity contribution in [2.75, 3.05) is 23.9 Å². The maximum atomic E-state index is 12.1. The normalized spacial score (nSPS) is 18.8. The Bertz CT molecular complexity index is 810. The quantitative estimate of drug-likeness (QED) is 0.473. The Kier molecular flexibility index (Phi) is 5.09. The van der Waals surface area contributed by atoms with Crippen molar-refractivity contribution in [3.05, 3.63) is 33.3 Å². The van der Waals surface area contributed by atoms with Crippen LogP contribution in [-0.2, 0) is 19.4 Å². The van der Waals surface area contributed by atoms with E-state index >= 15 is 0 Å². The van der Waals surface area contributed by atoms with E-state index in [2.05, 4.69) is 5.32 Å². The summed E-state index contributed by atoms with van der Waals surface area (Å²) in [6, 6.07) is 2.85. The first-order chi connectivity index (χ1) is 11.1. The molecule has 1 aromatic rings. The number of hydrogen-bond acceptors (Lipinski definition) is 6. The fourth-order valence-electron chi connectivity index (χ4n) is 2.31. The first kappa shape index (κ1) is 18.1. The summed E-state index contributed by atoms with van der Waals surface area (Å²) < 4.78 is 22.9. The third kappa shape index (κ3) is 4.01. The first-order valence-electron chi connectivity index (χ1n) is 6.83. The summed E-state index contributed by atoms with van der Waals surface area (Å²) in [7, 11) is -1.87. The topological polar surface area (TPSA) is 127 Å². The summed E-state index contributed by atoms with van der Waals surface area (Å²) in [5.41, 5.74) is -0.367. The third-order valence-electron chi connectivity index (χ3n) is 3.68. The highest BCUT2D eigenvalue weighted by Gasteiger charge is 2.34. The minimum atomic E-state index is -3.20. The van der Waals surface area contributed by atoms with Crippen LogP contribution in [0.1, 0.15) is 6.42 Å². The van der Waals surface area contributed by atoms with Crippen molar-refractivity contribution in [1.82, 2.24) is 4.90 Å². The SMILES string of the molecule is CN(C(=O)C(=O)Nc1cc([N+](=O)[O-])ccc1Cl)C1CCS(=O)(=O)C1. The van der Waals surface area contributed by atoms with Crippen LogP contribution in [0.25, 0.3) is 0 Å². The molecular formula is C13H14ClN3O6S. The van der Waals surface area contributed by atoms with Gasteiger partial charge in [0.05, 0.1) is 27.1 Å². The minimum Gasteiger partial charge on any atom is -0.333 e. The highest BCUT2D eigenvalue weighted by molar-refractivity contribution is 7.91.